The van der Waals surface area contributed by atoms with Crippen LogP contribution in [0.1, 0.15) is 16.1 Å². The van der Waals surface area contributed by atoms with Crippen molar-refractivity contribution in [3.05, 3.63) is 77.8 Å². The maximum absolute atomic E-state index is 13.2. The summed E-state index contributed by atoms with van der Waals surface area (Å²) in [5, 5.41) is 5.56. The fourth-order valence-electron chi connectivity index (χ4n) is 2.54. The Labute approximate surface area is 160 Å². The second-order valence-corrected chi connectivity index (χ2v) is 5.86. The molecule has 0 radical (unpaired) electrons. The van der Waals surface area contributed by atoms with Gasteiger partial charge in [-0.15, -0.1) is 0 Å². The van der Waals surface area contributed by atoms with E-state index in [1.807, 2.05) is 24.3 Å². The second-order valence-electron chi connectivity index (χ2n) is 5.86. The fraction of sp³-hybridized carbons (Fsp3) is 0.150. The summed E-state index contributed by atoms with van der Waals surface area (Å²) in [6.45, 7) is 0.607. The molecule has 2 aromatic carbocycles. The Balaban J connectivity index is 1.55. The van der Waals surface area contributed by atoms with Crippen molar-refractivity contribution >= 4 is 17.4 Å². The minimum Gasteiger partial charge on any atom is -0.496 e. The highest BCUT2D eigenvalue weighted by molar-refractivity contribution is 6.02. The Morgan fingerprint density at radius 2 is 1.89 bits per heavy atom. The molecule has 0 aliphatic heterocycles. The van der Waals surface area contributed by atoms with Gasteiger partial charge in [0.2, 0.25) is 0 Å². The van der Waals surface area contributed by atoms with Crippen molar-refractivity contribution in [2.45, 2.75) is 6.42 Å². The first-order chi connectivity index (χ1) is 13.6. The molecule has 0 unspecified atom stereocenters. The van der Waals surface area contributed by atoms with Crippen molar-refractivity contribution in [1.82, 2.24) is 9.97 Å². The minimum atomic E-state index is -1.04. The molecule has 0 bridgehead atoms. The molecule has 0 saturated heterocycles. The highest BCUT2D eigenvalue weighted by atomic mass is 19.2. The van der Waals surface area contributed by atoms with Gasteiger partial charge in [0.15, 0.2) is 11.6 Å². The first-order valence-electron chi connectivity index (χ1n) is 8.51. The second kappa shape index (κ2) is 8.90. The highest BCUT2D eigenvalue weighted by Crippen LogP contribution is 2.18. The van der Waals surface area contributed by atoms with Crippen molar-refractivity contribution in [3.63, 3.8) is 0 Å². The van der Waals surface area contributed by atoms with Gasteiger partial charge in [-0.25, -0.2) is 18.7 Å². The van der Waals surface area contributed by atoms with Crippen LogP contribution in [0.5, 0.6) is 5.75 Å². The molecule has 0 aliphatic carbocycles. The monoisotopic (exact) mass is 384 g/mol. The van der Waals surface area contributed by atoms with E-state index in [0.717, 1.165) is 29.9 Å². The third kappa shape index (κ3) is 4.79. The Hall–Kier alpha value is -3.55. The summed E-state index contributed by atoms with van der Waals surface area (Å²) in [5.41, 5.74) is 1.25. The number of amides is 1. The van der Waals surface area contributed by atoms with Crippen molar-refractivity contribution in [1.29, 1.82) is 0 Å². The van der Waals surface area contributed by atoms with E-state index in [1.165, 1.54) is 18.5 Å². The Kier molecular flexibility index (Phi) is 6.11. The summed E-state index contributed by atoms with van der Waals surface area (Å²) in [5.74, 6) is -1.27. The maximum atomic E-state index is 13.2. The largest absolute Gasteiger partial charge is 0.496 e. The molecule has 3 rings (SSSR count). The fourth-order valence-corrected chi connectivity index (χ4v) is 2.54. The number of methoxy groups -OCH3 is 1. The zero-order valence-corrected chi connectivity index (χ0v) is 15.1. The van der Waals surface area contributed by atoms with Crippen LogP contribution in [0.3, 0.4) is 0 Å². The topological polar surface area (TPSA) is 76.1 Å². The molecule has 6 nitrogen and oxygen atoms in total. The van der Waals surface area contributed by atoms with Crippen molar-refractivity contribution in [2.24, 2.45) is 0 Å². The molecule has 2 N–H and O–H groups in total. The van der Waals surface area contributed by atoms with Gasteiger partial charge in [0.25, 0.3) is 5.91 Å². The number of hydrogen-bond acceptors (Lipinski definition) is 5. The molecule has 0 spiro atoms. The Bertz CT molecular complexity index is 965. The molecule has 8 heteroatoms. The molecule has 28 heavy (non-hydrogen) atoms. The molecule has 144 valence electrons. The van der Waals surface area contributed by atoms with Crippen LogP contribution >= 0.6 is 0 Å². The number of aromatic nitrogens is 2. The van der Waals surface area contributed by atoms with Crippen molar-refractivity contribution in [2.75, 3.05) is 24.3 Å². The van der Waals surface area contributed by atoms with E-state index in [2.05, 4.69) is 20.6 Å². The number of nitrogens with one attached hydrogen (secondary N) is 2. The van der Waals surface area contributed by atoms with Gasteiger partial charge in [0.1, 0.15) is 17.3 Å². The predicted molar refractivity (Wildman–Crippen MR) is 102 cm³/mol. The van der Waals surface area contributed by atoms with Crippen molar-refractivity contribution in [3.8, 4) is 5.75 Å². The van der Waals surface area contributed by atoms with Crippen LogP contribution < -0.4 is 15.4 Å². The molecule has 1 amide bonds. The number of nitrogens with zero attached hydrogens (tertiary/aromatic N) is 2. The lowest BCUT2D eigenvalue weighted by molar-refractivity contribution is 0.102. The number of carbonyl (C=O) groups excluding carboxylic acids is 1. The minimum absolute atomic E-state index is 0.0556. The SMILES string of the molecule is COc1ccccc1CCNc1cnc(C(=O)Nc2ccc(F)c(F)c2)cn1. The van der Waals surface area contributed by atoms with Crippen LogP contribution in [0, 0.1) is 11.6 Å². The van der Waals surface area contributed by atoms with Gasteiger partial charge in [-0.1, -0.05) is 18.2 Å². The van der Waals surface area contributed by atoms with Crippen LogP contribution in [-0.4, -0.2) is 29.5 Å². The predicted octanol–water partition coefficient (Wildman–Crippen LogP) is 3.67. The summed E-state index contributed by atoms with van der Waals surface area (Å²) in [6.07, 6.45) is 3.47. The number of para-hydroxylation sites is 1. The summed E-state index contributed by atoms with van der Waals surface area (Å²) < 4.78 is 31.4. The van der Waals surface area contributed by atoms with Crippen LogP contribution in [-0.2, 0) is 6.42 Å². The van der Waals surface area contributed by atoms with Crippen LogP contribution in [0.15, 0.2) is 54.9 Å². The smallest absolute Gasteiger partial charge is 0.275 e. The van der Waals surface area contributed by atoms with E-state index in [1.54, 1.807) is 7.11 Å². The van der Waals surface area contributed by atoms with Crippen LogP contribution in [0.25, 0.3) is 0 Å². The zero-order chi connectivity index (χ0) is 19.9. The Morgan fingerprint density at radius 1 is 1.07 bits per heavy atom. The van der Waals surface area contributed by atoms with E-state index in [9.17, 15) is 13.6 Å². The van der Waals surface area contributed by atoms with Gasteiger partial charge in [-0.2, -0.15) is 0 Å². The van der Waals surface area contributed by atoms with Crippen LogP contribution in [0.2, 0.25) is 0 Å². The van der Waals surface area contributed by atoms with Gasteiger partial charge >= 0.3 is 0 Å². The maximum Gasteiger partial charge on any atom is 0.275 e. The van der Waals surface area contributed by atoms with E-state index in [-0.39, 0.29) is 11.4 Å². The highest BCUT2D eigenvalue weighted by Gasteiger charge is 2.10. The summed E-state index contributed by atoms with van der Waals surface area (Å²) >= 11 is 0. The number of halogens is 2. The lowest BCUT2D eigenvalue weighted by atomic mass is 10.1. The first-order valence-corrected chi connectivity index (χ1v) is 8.51. The van der Waals surface area contributed by atoms with E-state index in [0.29, 0.717) is 12.4 Å². The number of benzene rings is 2. The van der Waals surface area contributed by atoms with Gasteiger partial charge < -0.3 is 15.4 Å². The van der Waals surface area contributed by atoms with Crippen LogP contribution in [0.4, 0.5) is 20.3 Å². The molecule has 0 aliphatic rings. The number of carbonyl (C=O) groups is 1. The average Bonchev–Trinajstić information content (AvgIpc) is 2.71. The Morgan fingerprint density at radius 3 is 2.61 bits per heavy atom. The summed E-state index contributed by atoms with van der Waals surface area (Å²) in [6, 6.07) is 10.8. The van der Waals surface area contributed by atoms with Gasteiger partial charge in [0.05, 0.1) is 19.5 Å². The third-order valence-electron chi connectivity index (χ3n) is 3.95. The molecular formula is C20H18F2N4O2. The van der Waals surface area contributed by atoms with Crippen molar-refractivity contribution < 1.29 is 18.3 Å². The zero-order valence-electron chi connectivity index (χ0n) is 15.1. The molecule has 1 heterocycles. The van der Waals surface area contributed by atoms with E-state index >= 15 is 0 Å². The quantitative estimate of drug-likeness (QED) is 0.650. The number of ether oxygens (including phenoxy) is 1. The molecule has 0 fully saturated rings. The molecule has 0 saturated carbocycles. The van der Waals surface area contributed by atoms with E-state index < -0.39 is 17.5 Å². The summed E-state index contributed by atoms with van der Waals surface area (Å²) in [4.78, 5) is 20.3. The summed E-state index contributed by atoms with van der Waals surface area (Å²) in [7, 11) is 1.63. The first kappa shape index (κ1) is 19.2. The molecular weight excluding hydrogens is 366 g/mol. The third-order valence-corrected chi connectivity index (χ3v) is 3.95. The molecule has 3 aromatic rings. The lowest BCUT2D eigenvalue weighted by Gasteiger charge is -2.09. The van der Waals surface area contributed by atoms with E-state index in [4.69, 9.17) is 4.74 Å². The lowest BCUT2D eigenvalue weighted by Crippen LogP contribution is -2.15. The van der Waals surface area contributed by atoms with Gasteiger partial charge in [-0.05, 0) is 30.2 Å². The van der Waals surface area contributed by atoms with Gasteiger partial charge in [-0.3, -0.25) is 4.79 Å². The number of hydrogen-bond donors (Lipinski definition) is 2. The normalized spacial score (nSPS) is 10.4. The molecule has 1 aromatic heterocycles. The standard InChI is InChI=1S/C20H18F2N4O2/c1-28-18-5-3-2-4-13(18)8-9-23-19-12-24-17(11-25-19)20(27)26-14-6-7-15(21)16(22)10-14/h2-7,10-12H,8-9H2,1H3,(H,23,25)(H,26,27). The molecule has 0 atom stereocenters. The number of rotatable bonds is 7. The average molecular weight is 384 g/mol. The number of anilines is 2. The van der Waals surface area contributed by atoms with Gasteiger partial charge in [0, 0.05) is 18.3 Å².